The maximum absolute atomic E-state index is 11.3. The predicted octanol–water partition coefficient (Wildman–Crippen LogP) is 1.17. The van der Waals surface area contributed by atoms with Gasteiger partial charge in [0.05, 0.1) is 17.6 Å². The van der Waals surface area contributed by atoms with Crippen LogP contribution >= 0.6 is 0 Å². The highest BCUT2D eigenvalue weighted by atomic mass is 32.2. The molecule has 17 heavy (non-hydrogen) atoms. The molecule has 0 fully saturated rings. The molecular weight excluding hydrogens is 238 g/mol. The molecule has 0 radical (unpaired) electrons. The van der Waals surface area contributed by atoms with Crippen LogP contribution < -0.4 is 5.73 Å². The van der Waals surface area contributed by atoms with Crippen LogP contribution in [0, 0.1) is 6.92 Å². The minimum absolute atomic E-state index is 0.179. The van der Waals surface area contributed by atoms with Crippen molar-refractivity contribution in [2.45, 2.75) is 11.8 Å². The van der Waals surface area contributed by atoms with E-state index in [0.29, 0.717) is 11.4 Å². The van der Waals surface area contributed by atoms with Gasteiger partial charge in [0, 0.05) is 12.5 Å². The number of hydrogen-bond acceptors (Lipinski definition) is 4. The fraction of sp³-hybridized carbons (Fsp3) is 0.182. The minimum atomic E-state index is -3.24. The van der Waals surface area contributed by atoms with E-state index in [0.717, 1.165) is 11.8 Å². The van der Waals surface area contributed by atoms with Gasteiger partial charge in [-0.2, -0.15) is 5.10 Å². The number of aromatic nitrogens is 2. The minimum Gasteiger partial charge on any atom is -0.397 e. The van der Waals surface area contributed by atoms with Crippen molar-refractivity contribution in [2.24, 2.45) is 0 Å². The molecule has 90 valence electrons. The quantitative estimate of drug-likeness (QED) is 0.813. The van der Waals surface area contributed by atoms with Crippen molar-refractivity contribution in [1.82, 2.24) is 9.78 Å². The van der Waals surface area contributed by atoms with Crippen LogP contribution in [-0.4, -0.2) is 24.5 Å². The van der Waals surface area contributed by atoms with Crippen LogP contribution in [0.15, 0.2) is 35.5 Å². The molecule has 0 amide bonds. The van der Waals surface area contributed by atoms with E-state index in [1.807, 2.05) is 19.1 Å². The summed E-state index contributed by atoms with van der Waals surface area (Å²) in [7, 11) is -3.24. The Morgan fingerprint density at radius 2 is 2.06 bits per heavy atom. The smallest absolute Gasteiger partial charge is 0.178 e. The molecule has 0 saturated heterocycles. The van der Waals surface area contributed by atoms with E-state index < -0.39 is 9.84 Å². The summed E-state index contributed by atoms with van der Waals surface area (Å²) in [6, 6.07) is 5.53. The molecule has 0 aliphatic rings. The van der Waals surface area contributed by atoms with E-state index in [1.54, 1.807) is 6.07 Å². The van der Waals surface area contributed by atoms with Crippen molar-refractivity contribution in [3.8, 4) is 5.69 Å². The summed E-state index contributed by atoms with van der Waals surface area (Å²) >= 11 is 0. The lowest BCUT2D eigenvalue weighted by atomic mass is 10.2. The summed E-state index contributed by atoms with van der Waals surface area (Å²) in [6.45, 7) is 1.89. The van der Waals surface area contributed by atoms with Gasteiger partial charge in [-0.25, -0.2) is 13.1 Å². The van der Waals surface area contributed by atoms with Gasteiger partial charge in [0.2, 0.25) is 0 Å². The second kappa shape index (κ2) is 3.89. The van der Waals surface area contributed by atoms with E-state index in [4.69, 9.17) is 5.73 Å². The van der Waals surface area contributed by atoms with E-state index in [1.165, 1.54) is 17.1 Å². The lowest BCUT2D eigenvalue weighted by Crippen LogP contribution is -2.02. The fourth-order valence-corrected chi connectivity index (χ4v) is 2.02. The SMILES string of the molecule is Cc1cccc(-n2cc(S(C)(=O)=O)cn2)c1N. The van der Waals surface area contributed by atoms with E-state index in [-0.39, 0.29) is 4.90 Å². The van der Waals surface area contributed by atoms with E-state index >= 15 is 0 Å². The van der Waals surface area contributed by atoms with Gasteiger partial charge >= 0.3 is 0 Å². The molecule has 2 rings (SSSR count). The van der Waals surface area contributed by atoms with Gasteiger partial charge in [0.25, 0.3) is 0 Å². The first-order valence-electron chi connectivity index (χ1n) is 5.00. The van der Waals surface area contributed by atoms with Crippen LogP contribution in [0.25, 0.3) is 5.69 Å². The van der Waals surface area contributed by atoms with Crippen LogP contribution in [0.1, 0.15) is 5.56 Å². The summed E-state index contributed by atoms with van der Waals surface area (Å²) in [6.07, 6.45) is 3.92. The maximum atomic E-state index is 11.3. The molecule has 0 atom stereocenters. The second-order valence-electron chi connectivity index (χ2n) is 3.90. The Bertz CT molecular complexity index is 659. The molecule has 0 aliphatic heterocycles. The van der Waals surface area contributed by atoms with Gasteiger partial charge in [-0.15, -0.1) is 0 Å². The number of anilines is 1. The Morgan fingerprint density at radius 3 is 2.65 bits per heavy atom. The molecule has 0 bridgehead atoms. The molecule has 0 unspecified atom stereocenters. The normalized spacial score (nSPS) is 11.6. The number of para-hydroxylation sites is 1. The van der Waals surface area contributed by atoms with Gasteiger partial charge in [-0.05, 0) is 18.6 Å². The van der Waals surface area contributed by atoms with Crippen LogP contribution in [-0.2, 0) is 9.84 Å². The zero-order valence-electron chi connectivity index (χ0n) is 9.58. The lowest BCUT2D eigenvalue weighted by Gasteiger charge is -2.07. The number of rotatable bonds is 2. The summed E-state index contributed by atoms with van der Waals surface area (Å²) in [4.78, 5) is 0.179. The number of nitrogens with zero attached hydrogens (tertiary/aromatic N) is 2. The molecule has 2 aromatic rings. The highest BCUT2D eigenvalue weighted by molar-refractivity contribution is 7.90. The molecule has 1 heterocycles. The van der Waals surface area contributed by atoms with Crippen LogP contribution in [0.4, 0.5) is 5.69 Å². The molecule has 2 N–H and O–H groups in total. The third-order valence-corrected chi connectivity index (χ3v) is 3.60. The van der Waals surface area contributed by atoms with Crippen LogP contribution in [0.5, 0.6) is 0 Å². The van der Waals surface area contributed by atoms with Gasteiger partial charge in [-0.1, -0.05) is 12.1 Å². The zero-order chi connectivity index (χ0) is 12.6. The average Bonchev–Trinajstić information content (AvgIpc) is 2.70. The number of nitrogen functional groups attached to an aromatic ring is 1. The third-order valence-electron chi connectivity index (χ3n) is 2.53. The van der Waals surface area contributed by atoms with E-state index in [2.05, 4.69) is 5.10 Å². The van der Waals surface area contributed by atoms with Crippen LogP contribution in [0.2, 0.25) is 0 Å². The molecule has 0 aliphatic carbocycles. The molecule has 1 aromatic carbocycles. The van der Waals surface area contributed by atoms with Gasteiger partial charge in [0.15, 0.2) is 9.84 Å². The number of benzene rings is 1. The average molecular weight is 251 g/mol. The highest BCUT2D eigenvalue weighted by Crippen LogP contribution is 2.21. The summed E-state index contributed by atoms with van der Waals surface area (Å²) < 4.78 is 24.2. The van der Waals surface area contributed by atoms with Gasteiger partial charge < -0.3 is 5.73 Å². The maximum Gasteiger partial charge on any atom is 0.178 e. The first-order chi connectivity index (χ1) is 7.89. The molecule has 6 heteroatoms. The molecular formula is C11H13N3O2S. The second-order valence-corrected chi connectivity index (χ2v) is 5.92. The van der Waals surface area contributed by atoms with Gasteiger partial charge in [-0.3, -0.25) is 0 Å². The highest BCUT2D eigenvalue weighted by Gasteiger charge is 2.12. The Balaban J connectivity index is 2.55. The predicted molar refractivity (Wildman–Crippen MR) is 65.8 cm³/mol. The Morgan fingerprint density at radius 1 is 1.35 bits per heavy atom. The molecule has 5 nitrogen and oxygen atoms in total. The number of nitrogens with two attached hydrogens (primary N) is 1. The van der Waals surface area contributed by atoms with Crippen molar-refractivity contribution >= 4 is 15.5 Å². The Kier molecular flexibility index (Phi) is 2.66. The van der Waals surface area contributed by atoms with Gasteiger partial charge in [0.1, 0.15) is 4.90 Å². The fourth-order valence-electron chi connectivity index (χ4n) is 1.49. The Hall–Kier alpha value is -1.82. The largest absolute Gasteiger partial charge is 0.397 e. The topological polar surface area (TPSA) is 78.0 Å². The van der Waals surface area contributed by atoms with E-state index in [9.17, 15) is 8.42 Å². The molecule has 1 aromatic heterocycles. The number of aryl methyl sites for hydroxylation is 1. The molecule has 0 saturated carbocycles. The monoisotopic (exact) mass is 251 g/mol. The lowest BCUT2D eigenvalue weighted by molar-refractivity contribution is 0.602. The summed E-state index contributed by atoms with van der Waals surface area (Å²) in [5.74, 6) is 0. The first kappa shape index (κ1) is 11.7. The Labute approximate surface area is 99.8 Å². The zero-order valence-corrected chi connectivity index (χ0v) is 10.4. The first-order valence-corrected chi connectivity index (χ1v) is 6.89. The van der Waals surface area contributed by atoms with Crippen molar-refractivity contribution < 1.29 is 8.42 Å². The number of hydrogen-bond donors (Lipinski definition) is 1. The summed E-state index contributed by atoms with van der Waals surface area (Å²) in [5.41, 5.74) is 8.13. The standard InChI is InChI=1S/C11H13N3O2S/c1-8-4-3-5-10(11(8)12)14-7-9(6-13-14)17(2,15)16/h3-7H,12H2,1-2H3. The summed E-state index contributed by atoms with van der Waals surface area (Å²) in [5, 5.41) is 4.01. The van der Waals surface area contributed by atoms with Crippen molar-refractivity contribution in [3.63, 3.8) is 0 Å². The van der Waals surface area contributed by atoms with Crippen molar-refractivity contribution in [3.05, 3.63) is 36.2 Å². The van der Waals surface area contributed by atoms with Crippen molar-refractivity contribution in [2.75, 3.05) is 12.0 Å². The third kappa shape index (κ3) is 2.16. The van der Waals surface area contributed by atoms with Crippen molar-refractivity contribution in [1.29, 1.82) is 0 Å². The van der Waals surface area contributed by atoms with Crippen LogP contribution in [0.3, 0.4) is 0 Å². The number of sulfone groups is 1. The molecule has 0 spiro atoms.